The Morgan fingerprint density at radius 2 is 1.89 bits per heavy atom. The van der Waals surface area contributed by atoms with Crippen molar-refractivity contribution in [2.24, 2.45) is 0 Å². The molecule has 1 aromatic rings. The van der Waals surface area contributed by atoms with Gasteiger partial charge in [0.25, 0.3) is 0 Å². The van der Waals surface area contributed by atoms with Gasteiger partial charge in [-0.1, -0.05) is 0 Å². The van der Waals surface area contributed by atoms with Crippen LogP contribution in [0.25, 0.3) is 0 Å². The Balaban J connectivity index is 1.71. The molecule has 2 atom stereocenters. The Morgan fingerprint density at radius 3 is 2.44 bits per heavy atom. The molecular weight excluding hydrogens is 230 g/mol. The number of piperazine rings is 1. The van der Waals surface area contributed by atoms with Crippen molar-refractivity contribution in [3.05, 3.63) is 30.1 Å². The largest absolute Gasteiger partial charge is 0.465 e. The zero-order valence-electron chi connectivity index (χ0n) is 10.2. The van der Waals surface area contributed by atoms with Crippen LogP contribution in [-0.4, -0.2) is 51.2 Å². The molecule has 2 fully saturated rings. The van der Waals surface area contributed by atoms with Gasteiger partial charge in [0, 0.05) is 44.1 Å². The van der Waals surface area contributed by atoms with Crippen LogP contribution in [0.1, 0.15) is 18.4 Å². The van der Waals surface area contributed by atoms with Gasteiger partial charge in [-0.25, -0.2) is 4.79 Å². The highest BCUT2D eigenvalue weighted by Crippen LogP contribution is 2.31. The van der Waals surface area contributed by atoms with Gasteiger partial charge in [-0.2, -0.15) is 0 Å². The van der Waals surface area contributed by atoms with E-state index in [0.29, 0.717) is 25.2 Å². The molecule has 2 saturated heterocycles. The number of rotatable bonds is 2. The van der Waals surface area contributed by atoms with Crippen molar-refractivity contribution < 1.29 is 9.90 Å². The maximum atomic E-state index is 11.0. The monoisotopic (exact) mass is 247 g/mol. The SMILES string of the molecule is O=C(O)N1CC2CCC(C1)N2Cc1ccncc1. The predicted octanol–water partition coefficient (Wildman–Crippen LogP) is 1.41. The molecule has 0 spiro atoms. The van der Waals surface area contributed by atoms with Gasteiger partial charge in [0.05, 0.1) is 0 Å². The number of carbonyl (C=O) groups is 1. The lowest BCUT2D eigenvalue weighted by molar-refractivity contribution is 0.0583. The summed E-state index contributed by atoms with van der Waals surface area (Å²) in [5, 5.41) is 9.08. The van der Waals surface area contributed by atoms with Crippen molar-refractivity contribution in [3.63, 3.8) is 0 Å². The molecule has 0 aliphatic carbocycles. The lowest BCUT2D eigenvalue weighted by atomic mass is 10.1. The van der Waals surface area contributed by atoms with Crippen LogP contribution in [0.3, 0.4) is 0 Å². The van der Waals surface area contributed by atoms with Crippen molar-refractivity contribution in [1.29, 1.82) is 0 Å². The lowest BCUT2D eigenvalue weighted by Gasteiger charge is -2.39. The molecule has 0 radical (unpaired) electrons. The lowest BCUT2D eigenvalue weighted by Crippen LogP contribution is -2.54. The summed E-state index contributed by atoms with van der Waals surface area (Å²) in [4.78, 5) is 19.1. The number of nitrogens with zero attached hydrogens (tertiary/aromatic N) is 3. The zero-order valence-corrected chi connectivity index (χ0v) is 10.2. The molecule has 1 amide bonds. The van der Waals surface area contributed by atoms with Gasteiger partial charge >= 0.3 is 6.09 Å². The first-order valence-corrected chi connectivity index (χ1v) is 6.36. The first kappa shape index (κ1) is 11.5. The van der Waals surface area contributed by atoms with Crippen LogP contribution in [0.2, 0.25) is 0 Å². The van der Waals surface area contributed by atoms with E-state index in [0.717, 1.165) is 19.4 Å². The van der Waals surface area contributed by atoms with Crippen LogP contribution in [-0.2, 0) is 6.54 Å². The number of aromatic nitrogens is 1. The predicted molar refractivity (Wildman–Crippen MR) is 66.2 cm³/mol. The third kappa shape index (κ3) is 2.06. The van der Waals surface area contributed by atoms with E-state index >= 15 is 0 Å². The molecule has 0 aromatic carbocycles. The van der Waals surface area contributed by atoms with Crippen molar-refractivity contribution in [1.82, 2.24) is 14.8 Å². The van der Waals surface area contributed by atoms with Crippen LogP contribution >= 0.6 is 0 Å². The van der Waals surface area contributed by atoms with Gasteiger partial charge in [0.15, 0.2) is 0 Å². The van der Waals surface area contributed by atoms with E-state index in [2.05, 4.69) is 9.88 Å². The van der Waals surface area contributed by atoms with E-state index in [-0.39, 0.29) is 0 Å². The van der Waals surface area contributed by atoms with Crippen molar-refractivity contribution >= 4 is 6.09 Å². The summed E-state index contributed by atoms with van der Waals surface area (Å²) in [6, 6.07) is 4.83. The van der Waals surface area contributed by atoms with E-state index in [1.165, 1.54) is 5.56 Å². The van der Waals surface area contributed by atoms with E-state index in [9.17, 15) is 4.79 Å². The molecule has 5 nitrogen and oxygen atoms in total. The fourth-order valence-corrected chi connectivity index (χ4v) is 3.10. The molecule has 0 saturated carbocycles. The molecule has 96 valence electrons. The summed E-state index contributed by atoms with van der Waals surface area (Å²) in [6.45, 7) is 2.21. The Labute approximate surface area is 106 Å². The highest BCUT2D eigenvalue weighted by Gasteiger charge is 2.41. The fraction of sp³-hybridized carbons (Fsp3) is 0.538. The number of hydrogen-bond acceptors (Lipinski definition) is 3. The number of fused-ring (bicyclic) bond motifs is 2. The second kappa shape index (κ2) is 4.57. The smallest absolute Gasteiger partial charge is 0.407 e. The van der Waals surface area contributed by atoms with E-state index in [1.54, 1.807) is 4.90 Å². The average Bonchev–Trinajstić information content (AvgIpc) is 2.62. The summed E-state index contributed by atoms with van der Waals surface area (Å²) in [5.74, 6) is 0. The Kier molecular flexibility index (Phi) is 2.91. The molecule has 18 heavy (non-hydrogen) atoms. The number of likely N-dealkylation sites (tertiary alicyclic amines) is 1. The first-order chi connectivity index (χ1) is 8.74. The topological polar surface area (TPSA) is 56.7 Å². The minimum atomic E-state index is -0.782. The van der Waals surface area contributed by atoms with Crippen LogP contribution in [0.15, 0.2) is 24.5 Å². The fourth-order valence-electron chi connectivity index (χ4n) is 3.10. The normalized spacial score (nSPS) is 27.4. The Bertz CT molecular complexity index is 423. The maximum absolute atomic E-state index is 11.0. The van der Waals surface area contributed by atoms with Crippen LogP contribution in [0.4, 0.5) is 4.79 Å². The minimum absolute atomic E-state index is 0.382. The Morgan fingerprint density at radius 1 is 1.28 bits per heavy atom. The van der Waals surface area contributed by atoms with E-state index in [1.807, 2.05) is 24.5 Å². The minimum Gasteiger partial charge on any atom is -0.465 e. The van der Waals surface area contributed by atoms with Gasteiger partial charge in [-0.3, -0.25) is 9.88 Å². The molecule has 2 aliphatic rings. The van der Waals surface area contributed by atoms with Crippen LogP contribution in [0, 0.1) is 0 Å². The van der Waals surface area contributed by atoms with Gasteiger partial charge in [0.2, 0.25) is 0 Å². The maximum Gasteiger partial charge on any atom is 0.407 e. The molecule has 1 aromatic heterocycles. The molecule has 2 bridgehead atoms. The number of amides is 1. The summed E-state index contributed by atoms with van der Waals surface area (Å²) in [7, 11) is 0. The van der Waals surface area contributed by atoms with Crippen molar-refractivity contribution in [2.45, 2.75) is 31.5 Å². The second-order valence-electron chi connectivity index (χ2n) is 5.10. The second-order valence-corrected chi connectivity index (χ2v) is 5.10. The summed E-state index contributed by atoms with van der Waals surface area (Å²) in [6.07, 6.45) is 5.06. The van der Waals surface area contributed by atoms with Crippen LogP contribution < -0.4 is 0 Å². The molecule has 2 unspecified atom stereocenters. The molecular formula is C13H17N3O2. The molecule has 3 rings (SSSR count). The number of pyridine rings is 1. The van der Waals surface area contributed by atoms with Gasteiger partial charge in [0.1, 0.15) is 0 Å². The van der Waals surface area contributed by atoms with Crippen molar-refractivity contribution in [3.8, 4) is 0 Å². The molecule has 3 heterocycles. The molecule has 5 heteroatoms. The average molecular weight is 247 g/mol. The molecule has 2 aliphatic heterocycles. The summed E-state index contributed by atoms with van der Waals surface area (Å²) >= 11 is 0. The highest BCUT2D eigenvalue weighted by molar-refractivity contribution is 5.65. The Hall–Kier alpha value is -1.62. The highest BCUT2D eigenvalue weighted by atomic mass is 16.4. The van der Waals surface area contributed by atoms with E-state index in [4.69, 9.17) is 5.11 Å². The van der Waals surface area contributed by atoms with Gasteiger partial charge in [-0.15, -0.1) is 0 Å². The summed E-state index contributed by atoms with van der Waals surface area (Å²) in [5.41, 5.74) is 1.26. The standard InChI is InChI=1S/C13H17N3O2/c17-13(18)15-8-11-1-2-12(9-15)16(11)7-10-3-5-14-6-4-10/h3-6,11-12H,1-2,7-9H2,(H,17,18). The zero-order chi connectivity index (χ0) is 12.5. The first-order valence-electron chi connectivity index (χ1n) is 6.36. The third-order valence-corrected chi connectivity index (χ3v) is 4.02. The third-order valence-electron chi connectivity index (χ3n) is 4.02. The van der Waals surface area contributed by atoms with Gasteiger partial charge in [-0.05, 0) is 30.5 Å². The molecule has 1 N–H and O–H groups in total. The van der Waals surface area contributed by atoms with E-state index < -0.39 is 6.09 Å². The quantitative estimate of drug-likeness (QED) is 0.858. The van der Waals surface area contributed by atoms with Crippen LogP contribution in [0.5, 0.6) is 0 Å². The number of hydrogen-bond donors (Lipinski definition) is 1. The van der Waals surface area contributed by atoms with Gasteiger partial charge < -0.3 is 10.0 Å². The summed E-state index contributed by atoms with van der Waals surface area (Å²) < 4.78 is 0. The number of carboxylic acid groups (broad SMARTS) is 1. The van der Waals surface area contributed by atoms with Crippen molar-refractivity contribution in [2.75, 3.05) is 13.1 Å².